The molecule has 0 aromatic heterocycles. The van der Waals surface area contributed by atoms with Gasteiger partial charge in [0, 0.05) is 13.2 Å². The van der Waals surface area contributed by atoms with Crippen LogP contribution in [0.25, 0.3) is 0 Å². The first-order valence-electron chi connectivity index (χ1n) is 6.56. The highest BCUT2D eigenvalue weighted by molar-refractivity contribution is 5.31. The van der Waals surface area contributed by atoms with E-state index in [4.69, 9.17) is 9.47 Å². The van der Waals surface area contributed by atoms with Crippen LogP contribution in [-0.2, 0) is 10.3 Å². The van der Waals surface area contributed by atoms with Crippen LogP contribution in [0.4, 0.5) is 0 Å². The second-order valence-electron chi connectivity index (χ2n) is 5.27. The normalized spacial score (nSPS) is 20.4. The Morgan fingerprint density at radius 3 is 2.78 bits per heavy atom. The fourth-order valence-electron chi connectivity index (χ4n) is 2.59. The van der Waals surface area contributed by atoms with Gasteiger partial charge in [-0.3, -0.25) is 0 Å². The molecule has 1 atom stereocenters. The molecule has 100 valence electrons. The third-order valence-corrected chi connectivity index (χ3v) is 3.72. The van der Waals surface area contributed by atoms with Crippen LogP contribution >= 0.6 is 0 Å². The Hall–Kier alpha value is -1.06. The van der Waals surface area contributed by atoms with Crippen molar-refractivity contribution in [3.05, 3.63) is 29.8 Å². The maximum absolute atomic E-state index is 10.7. The summed E-state index contributed by atoms with van der Waals surface area (Å²) in [5.74, 6) is 1.33. The van der Waals surface area contributed by atoms with Gasteiger partial charge in [0.05, 0.1) is 12.7 Å². The van der Waals surface area contributed by atoms with Gasteiger partial charge in [-0.25, -0.2) is 0 Å². The van der Waals surface area contributed by atoms with Gasteiger partial charge >= 0.3 is 0 Å². The summed E-state index contributed by atoms with van der Waals surface area (Å²) in [5.41, 5.74) is 0.129. The standard InChI is InChI=1S/C15H22O3/c1-15(16,11-12-6-8-18-9-7-12)13-4-3-5-14(10-13)17-2/h3-5,10,12,16H,6-9,11H2,1-2H3. The average molecular weight is 250 g/mol. The quantitative estimate of drug-likeness (QED) is 0.893. The number of methoxy groups -OCH3 is 1. The van der Waals surface area contributed by atoms with Crippen LogP contribution in [0.3, 0.4) is 0 Å². The molecule has 1 aliphatic heterocycles. The van der Waals surface area contributed by atoms with Crippen LogP contribution in [0.15, 0.2) is 24.3 Å². The van der Waals surface area contributed by atoms with Gasteiger partial charge in [0.2, 0.25) is 0 Å². The summed E-state index contributed by atoms with van der Waals surface area (Å²) < 4.78 is 10.6. The molecule has 0 spiro atoms. The monoisotopic (exact) mass is 250 g/mol. The van der Waals surface area contributed by atoms with E-state index in [1.54, 1.807) is 7.11 Å². The van der Waals surface area contributed by atoms with Gasteiger partial charge in [0.25, 0.3) is 0 Å². The van der Waals surface area contributed by atoms with E-state index in [-0.39, 0.29) is 0 Å². The SMILES string of the molecule is COc1cccc(C(C)(O)CC2CCOCC2)c1. The van der Waals surface area contributed by atoms with Gasteiger partial charge in [0.15, 0.2) is 0 Å². The van der Waals surface area contributed by atoms with E-state index in [0.29, 0.717) is 5.92 Å². The van der Waals surface area contributed by atoms with Crippen LogP contribution in [0.5, 0.6) is 5.75 Å². The van der Waals surface area contributed by atoms with Crippen molar-refractivity contribution in [3.8, 4) is 5.75 Å². The van der Waals surface area contributed by atoms with Crippen LogP contribution in [0.1, 0.15) is 31.7 Å². The predicted molar refractivity (Wildman–Crippen MR) is 70.7 cm³/mol. The number of hydrogen-bond donors (Lipinski definition) is 1. The number of benzene rings is 1. The molecule has 1 saturated heterocycles. The molecule has 1 aromatic carbocycles. The van der Waals surface area contributed by atoms with Gasteiger partial charge in [-0.1, -0.05) is 12.1 Å². The molecule has 1 aromatic rings. The average Bonchev–Trinajstić information content (AvgIpc) is 2.39. The second kappa shape index (κ2) is 5.72. The Morgan fingerprint density at radius 2 is 2.11 bits per heavy atom. The maximum Gasteiger partial charge on any atom is 0.119 e. The third kappa shape index (κ3) is 3.24. The lowest BCUT2D eigenvalue weighted by molar-refractivity contribution is -0.00315. The maximum atomic E-state index is 10.7. The van der Waals surface area contributed by atoms with Crippen molar-refractivity contribution in [2.75, 3.05) is 20.3 Å². The van der Waals surface area contributed by atoms with Crippen LogP contribution in [-0.4, -0.2) is 25.4 Å². The molecule has 0 radical (unpaired) electrons. The molecule has 3 heteroatoms. The van der Waals surface area contributed by atoms with E-state index in [0.717, 1.165) is 43.8 Å². The minimum Gasteiger partial charge on any atom is -0.497 e. The molecular weight excluding hydrogens is 228 g/mol. The van der Waals surface area contributed by atoms with Crippen molar-refractivity contribution in [1.82, 2.24) is 0 Å². The molecule has 3 nitrogen and oxygen atoms in total. The molecule has 1 aliphatic rings. The van der Waals surface area contributed by atoms with Crippen molar-refractivity contribution in [3.63, 3.8) is 0 Å². The highest BCUT2D eigenvalue weighted by Gasteiger charge is 2.28. The number of ether oxygens (including phenoxy) is 2. The van der Waals surface area contributed by atoms with E-state index in [9.17, 15) is 5.11 Å². The molecule has 0 bridgehead atoms. The molecule has 1 fully saturated rings. The molecule has 2 rings (SSSR count). The van der Waals surface area contributed by atoms with Crippen molar-refractivity contribution in [1.29, 1.82) is 0 Å². The summed E-state index contributed by atoms with van der Waals surface area (Å²) in [5, 5.41) is 10.7. The number of hydrogen-bond acceptors (Lipinski definition) is 3. The lowest BCUT2D eigenvalue weighted by Crippen LogP contribution is -2.28. The Bertz CT molecular complexity index is 381. The molecule has 0 aliphatic carbocycles. The summed E-state index contributed by atoms with van der Waals surface area (Å²) in [6, 6.07) is 7.70. The Morgan fingerprint density at radius 1 is 1.39 bits per heavy atom. The summed E-state index contributed by atoms with van der Waals surface area (Å²) in [6.07, 6.45) is 2.86. The highest BCUT2D eigenvalue weighted by atomic mass is 16.5. The molecule has 18 heavy (non-hydrogen) atoms. The lowest BCUT2D eigenvalue weighted by Gasteiger charge is -2.31. The Kier molecular flexibility index (Phi) is 4.25. The molecule has 0 amide bonds. The smallest absolute Gasteiger partial charge is 0.119 e. The van der Waals surface area contributed by atoms with E-state index in [2.05, 4.69) is 0 Å². The van der Waals surface area contributed by atoms with E-state index >= 15 is 0 Å². The molecule has 1 heterocycles. The Balaban J connectivity index is 2.08. The summed E-state index contributed by atoms with van der Waals surface area (Å²) in [6.45, 7) is 3.52. The van der Waals surface area contributed by atoms with Crippen molar-refractivity contribution < 1.29 is 14.6 Å². The predicted octanol–water partition coefficient (Wildman–Crippen LogP) is 2.72. The van der Waals surface area contributed by atoms with Gasteiger partial charge in [0.1, 0.15) is 5.75 Å². The first-order chi connectivity index (χ1) is 8.62. The fraction of sp³-hybridized carbons (Fsp3) is 0.600. The van der Waals surface area contributed by atoms with Crippen molar-refractivity contribution >= 4 is 0 Å². The molecule has 1 N–H and O–H groups in total. The second-order valence-corrected chi connectivity index (χ2v) is 5.27. The summed E-state index contributed by atoms with van der Waals surface area (Å²) in [4.78, 5) is 0. The van der Waals surface area contributed by atoms with E-state index < -0.39 is 5.60 Å². The van der Waals surface area contributed by atoms with Crippen LogP contribution in [0.2, 0.25) is 0 Å². The largest absolute Gasteiger partial charge is 0.497 e. The lowest BCUT2D eigenvalue weighted by atomic mass is 9.83. The van der Waals surface area contributed by atoms with Crippen molar-refractivity contribution in [2.45, 2.75) is 31.8 Å². The highest BCUT2D eigenvalue weighted by Crippen LogP contribution is 2.33. The Labute approximate surface area is 109 Å². The van der Waals surface area contributed by atoms with Crippen LogP contribution < -0.4 is 4.74 Å². The summed E-state index contributed by atoms with van der Waals surface area (Å²) >= 11 is 0. The van der Waals surface area contributed by atoms with Gasteiger partial charge in [-0.15, -0.1) is 0 Å². The first kappa shape index (κ1) is 13.4. The van der Waals surface area contributed by atoms with Gasteiger partial charge < -0.3 is 14.6 Å². The molecule has 0 saturated carbocycles. The minimum atomic E-state index is -0.795. The molecular formula is C15H22O3. The topological polar surface area (TPSA) is 38.7 Å². The minimum absolute atomic E-state index is 0.542. The van der Waals surface area contributed by atoms with Gasteiger partial charge in [-0.2, -0.15) is 0 Å². The third-order valence-electron chi connectivity index (χ3n) is 3.72. The van der Waals surface area contributed by atoms with Gasteiger partial charge in [-0.05, 0) is 49.8 Å². The number of rotatable bonds is 4. The zero-order valence-corrected chi connectivity index (χ0v) is 11.2. The zero-order chi connectivity index (χ0) is 13.0. The zero-order valence-electron chi connectivity index (χ0n) is 11.2. The summed E-state index contributed by atoms with van der Waals surface area (Å²) in [7, 11) is 1.65. The van der Waals surface area contributed by atoms with Crippen molar-refractivity contribution in [2.24, 2.45) is 5.92 Å². The van der Waals surface area contributed by atoms with E-state index in [1.807, 2.05) is 31.2 Å². The first-order valence-corrected chi connectivity index (χ1v) is 6.56. The van der Waals surface area contributed by atoms with E-state index in [1.165, 1.54) is 0 Å². The number of aliphatic hydroxyl groups is 1. The molecule has 1 unspecified atom stereocenters. The fourth-order valence-corrected chi connectivity index (χ4v) is 2.59. The van der Waals surface area contributed by atoms with Crippen LogP contribution in [0, 0.1) is 5.92 Å².